The Bertz CT molecular complexity index is 1560. The third kappa shape index (κ3) is 4.74. The lowest BCUT2D eigenvalue weighted by molar-refractivity contribution is -0.126. The molecule has 194 valence electrons. The number of halogens is 1. The number of aryl methyl sites for hydroxylation is 3. The van der Waals surface area contributed by atoms with E-state index in [9.17, 15) is 9.18 Å². The molecule has 0 N–H and O–H groups in total. The summed E-state index contributed by atoms with van der Waals surface area (Å²) in [6.45, 7) is 8.91. The second-order valence-electron chi connectivity index (χ2n) is 9.66. The maximum atomic E-state index is 14.7. The maximum absolute atomic E-state index is 14.7. The van der Waals surface area contributed by atoms with Crippen molar-refractivity contribution < 1.29 is 13.9 Å². The van der Waals surface area contributed by atoms with Gasteiger partial charge in [-0.05, 0) is 81.8 Å². The van der Waals surface area contributed by atoms with E-state index in [-0.39, 0.29) is 23.4 Å². The van der Waals surface area contributed by atoms with Crippen molar-refractivity contribution in [2.45, 2.75) is 52.9 Å². The molecule has 4 aromatic rings. The number of carbonyl (C=O) groups excluding carboxylic acids is 1. The second kappa shape index (κ2) is 10.7. The number of likely N-dealkylation sites (tertiary alicyclic amines) is 1. The SMILES string of the molecule is CC#CC(=O)N1CCC[C@@H](c2nc(-c3ccc(Oc4cccc(CC)c4F)cc3)c3c(C)ncc(C)n23)C1. The molecule has 0 saturated carbocycles. The number of fused-ring (bicyclic) bond motifs is 1. The number of hydrogen-bond acceptors (Lipinski definition) is 4. The van der Waals surface area contributed by atoms with Crippen LogP contribution in [0.4, 0.5) is 4.39 Å². The minimum Gasteiger partial charge on any atom is -0.454 e. The van der Waals surface area contributed by atoms with E-state index in [4.69, 9.17) is 9.72 Å². The molecule has 0 spiro atoms. The third-order valence-electron chi connectivity index (χ3n) is 7.13. The third-order valence-corrected chi connectivity index (χ3v) is 7.13. The highest BCUT2D eigenvalue weighted by atomic mass is 19.1. The Balaban J connectivity index is 1.51. The van der Waals surface area contributed by atoms with Gasteiger partial charge in [0.15, 0.2) is 11.6 Å². The minimum atomic E-state index is -0.328. The number of amides is 1. The van der Waals surface area contributed by atoms with Crippen molar-refractivity contribution in [3.05, 3.63) is 77.3 Å². The molecule has 0 radical (unpaired) electrons. The van der Waals surface area contributed by atoms with Crippen molar-refractivity contribution in [2.75, 3.05) is 13.1 Å². The predicted molar refractivity (Wildman–Crippen MR) is 146 cm³/mol. The largest absolute Gasteiger partial charge is 0.454 e. The molecule has 1 fully saturated rings. The minimum absolute atomic E-state index is 0.0875. The van der Waals surface area contributed by atoms with Crippen molar-refractivity contribution in [1.82, 2.24) is 19.3 Å². The Morgan fingerprint density at radius 3 is 2.71 bits per heavy atom. The Kier molecular flexibility index (Phi) is 7.15. The first kappa shape index (κ1) is 25.5. The van der Waals surface area contributed by atoms with Crippen LogP contribution in [0.3, 0.4) is 0 Å². The van der Waals surface area contributed by atoms with Crippen molar-refractivity contribution in [1.29, 1.82) is 0 Å². The lowest BCUT2D eigenvalue weighted by Gasteiger charge is -2.31. The smallest absolute Gasteiger partial charge is 0.298 e. The molecule has 5 rings (SSSR count). The molecule has 2 aromatic heterocycles. The van der Waals surface area contributed by atoms with Crippen molar-refractivity contribution in [2.24, 2.45) is 0 Å². The molecular weight excluding hydrogens is 479 g/mol. The van der Waals surface area contributed by atoms with Crippen LogP contribution in [0, 0.1) is 31.5 Å². The van der Waals surface area contributed by atoms with Gasteiger partial charge in [-0.25, -0.2) is 9.37 Å². The van der Waals surface area contributed by atoms with Crippen molar-refractivity contribution in [3.8, 4) is 34.6 Å². The fraction of sp³-hybridized carbons (Fsp3) is 0.323. The fourth-order valence-electron chi connectivity index (χ4n) is 5.19. The van der Waals surface area contributed by atoms with Gasteiger partial charge in [-0.3, -0.25) is 14.2 Å². The van der Waals surface area contributed by atoms with E-state index >= 15 is 0 Å². The van der Waals surface area contributed by atoms with Crippen molar-refractivity contribution in [3.63, 3.8) is 0 Å². The summed E-state index contributed by atoms with van der Waals surface area (Å²) in [6.07, 6.45) is 4.31. The van der Waals surface area contributed by atoms with Crippen LogP contribution in [0.5, 0.6) is 11.5 Å². The maximum Gasteiger partial charge on any atom is 0.298 e. The van der Waals surface area contributed by atoms with Crippen molar-refractivity contribution >= 4 is 11.4 Å². The average molecular weight is 511 g/mol. The summed E-state index contributed by atoms with van der Waals surface area (Å²) in [5, 5.41) is 0. The van der Waals surface area contributed by atoms with Crippen LogP contribution in [-0.4, -0.2) is 38.3 Å². The van der Waals surface area contributed by atoms with Crippen LogP contribution in [0.25, 0.3) is 16.8 Å². The number of rotatable bonds is 5. The number of benzene rings is 2. The molecular formula is C31H31FN4O2. The number of aromatic nitrogens is 3. The van der Waals surface area contributed by atoms with Gasteiger partial charge in [0.25, 0.3) is 5.91 Å². The number of piperidine rings is 1. The van der Waals surface area contributed by atoms with E-state index in [2.05, 4.69) is 21.2 Å². The van der Waals surface area contributed by atoms with E-state index < -0.39 is 0 Å². The van der Waals surface area contributed by atoms with Gasteiger partial charge >= 0.3 is 0 Å². The summed E-state index contributed by atoms with van der Waals surface area (Å²) in [6, 6.07) is 12.8. The van der Waals surface area contributed by atoms with Gasteiger partial charge in [-0.15, -0.1) is 0 Å². The van der Waals surface area contributed by atoms with Crippen LogP contribution in [0.15, 0.2) is 48.7 Å². The van der Waals surface area contributed by atoms with Gasteiger partial charge in [0, 0.05) is 36.5 Å². The Hall–Kier alpha value is -4.18. The molecule has 0 unspecified atom stereocenters. The first-order chi connectivity index (χ1) is 18.4. The zero-order chi connectivity index (χ0) is 26.8. The number of imidazole rings is 1. The molecule has 3 heterocycles. The summed E-state index contributed by atoms with van der Waals surface area (Å²) < 4.78 is 22.7. The molecule has 6 nitrogen and oxygen atoms in total. The Morgan fingerprint density at radius 2 is 1.97 bits per heavy atom. The summed E-state index contributed by atoms with van der Waals surface area (Å²) >= 11 is 0. The second-order valence-corrected chi connectivity index (χ2v) is 9.66. The first-order valence-electron chi connectivity index (χ1n) is 13.0. The zero-order valence-electron chi connectivity index (χ0n) is 22.2. The summed E-state index contributed by atoms with van der Waals surface area (Å²) in [5.41, 5.74) is 5.19. The Labute approximate surface area is 222 Å². The highest BCUT2D eigenvalue weighted by Crippen LogP contribution is 2.35. The van der Waals surface area contributed by atoms with Crippen LogP contribution in [-0.2, 0) is 11.2 Å². The van der Waals surface area contributed by atoms with Crippen LogP contribution < -0.4 is 4.74 Å². The number of nitrogens with zero attached hydrogens (tertiary/aromatic N) is 4. The van der Waals surface area contributed by atoms with Gasteiger partial charge in [0.1, 0.15) is 11.6 Å². The quantitative estimate of drug-likeness (QED) is 0.299. The first-order valence-corrected chi connectivity index (χ1v) is 13.0. The van der Waals surface area contributed by atoms with Gasteiger partial charge < -0.3 is 9.64 Å². The van der Waals surface area contributed by atoms with E-state index in [1.807, 2.05) is 56.1 Å². The van der Waals surface area contributed by atoms with E-state index in [0.29, 0.717) is 30.8 Å². The van der Waals surface area contributed by atoms with Gasteiger partial charge in [-0.1, -0.05) is 25.0 Å². The van der Waals surface area contributed by atoms with Crippen LogP contribution in [0.2, 0.25) is 0 Å². The number of carbonyl (C=O) groups is 1. The topological polar surface area (TPSA) is 59.7 Å². The lowest BCUT2D eigenvalue weighted by atomic mass is 9.97. The molecule has 1 atom stereocenters. The van der Waals surface area contributed by atoms with Gasteiger partial charge in [0.05, 0.1) is 16.9 Å². The number of ether oxygens (including phenoxy) is 1. The molecule has 1 aliphatic heterocycles. The van der Waals surface area contributed by atoms with E-state index in [1.165, 1.54) is 0 Å². The van der Waals surface area contributed by atoms with Gasteiger partial charge in [0.2, 0.25) is 0 Å². The Morgan fingerprint density at radius 1 is 1.18 bits per heavy atom. The van der Waals surface area contributed by atoms with Gasteiger partial charge in [-0.2, -0.15) is 0 Å². The van der Waals surface area contributed by atoms with Crippen LogP contribution in [0.1, 0.15) is 55.4 Å². The predicted octanol–water partition coefficient (Wildman–Crippen LogP) is 6.24. The standard InChI is InChI=1S/C31H31FN4O2/c1-5-9-27(37)35-17-8-11-24(19-35)31-34-29(30-21(4)33-18-20(3)36(30)31)23-13-15-25(16-14-23)38-26-12-7-10-22(6-2)28(26)32/h7,10,12-16,18,24H,6,8,11,17,19H2,1-4H3/t24-/m1/s1. The lowest BCUT2D eigenvalue weighted by Crippen LogP contribution is -2.39. The van der Waals surface area contributed by atoms with E-state index in [1.54, 1.807) is 25.1 Å². The molecule has 2 aromatic carbocycles. The van der Waals surface area contributed by atoms with Crippen LogP contribution >= 0.6 is 0 Å². The molecule has 38 heavy (non-hydrogen) atoms. The van der Waals surface area contributed by atoms with E-state index in [0.717, 1.165) is 46.8 Å². The summed E-state index contributed by atoms with van der Waals surface area (Å²) in [5.74, 6) is 6.71. The highest BCUT2D eigenvalue weighted by molar-refractivity contribution is 5.93. The normalized spacial score (nSPS) is 15.3. The fourth-order valence-corrected chi connectivity index (χ4v) is 5.19. The average Bonchev–Trinajstić information content (AvgIpc) is 3.35. The molecule has 0 aliphatic carbocycles. The summed E-state index contributed by atoms with van der Waals surface area (Å²) in [7, 11) is 0. The summed E-state index contributed by atoms with van der Waals surface area (Å²) in [4.78, 5) is 24.1. The molecule has 1 amide bonds. The monoisotopic (exact) mass is 510 g/mol. The molecule has 0 bridgehead atoms. The molecule has 1 saturated heterocycles. The zero-order valence-corrected chi connectivity index (χ0v) is 22.2. The molecule has 7 heteroatoms. The number of hydrogen-bond donors (Lipinski definition) is 0. The molecule has 1 aliphatic rings. The highest BCUT2D eigenvalue weighted by Gasteiger charge is 2.29.